The summed E-state index contributed by atoms with van der Waals surface area (Å²) < 4.78 is 36.0. The summed E-state index contributed by atoms with van der Waals surface area (Å²) in [7, 11) is 1.56. The lowest BCUT2D eigenvalue weighted by molar-refractivity contribution is -0.289. The van der Waals surface area contributed by atoms with Crippen LogP contribution in [0.25, 0.3) is 0 Å². The molecule has 1 heterocycles. The van der Waals surface area contributed by atoms with Gasteiger partial charge in [0.1, 0.15) is 23.9 Å². The van der Waals surface area contributed by atoms with E-state index in [0.717, 1.165) is 5.57 Å². The van der Waals surface area contributed by atoms with Crippen LogP contribution < -0.4 is 0 Å². The van der Waals surface area contributed by atoms with Crippen molar-refractivity contribution in [2.45, 2.75) is 69.9 Å². The van der Waals surface area contributed by atoms with Gasteiger partial charge in [-0.1, -0.05) is 23.8 Å². The minimum atomic E-state index is -1.63. The Balaban J connectivity index is 1.45. The summed E-state index contributed by atoms with van der Waals surface area (Å²) in [6.07, 6.45) is 2.00. The van der Waals surface area contributed by atoms with Gasteiger partial charge in [0.2, 0.25) is 0 Å². The molecule has 6 rings (SSSR count). The van der Waals surface area contributed by atoms with Crippen LogP contribution in [-0.4, -0.2) is 74.2 Å². The zero-order valence-corrected chi connectivity index (χ0v) is 23.8. The van der Waals surface area contributed by atoms with Crippen molar-refractivity contribution in [2.24, 2.45) is 22.7 Å². The molecule has 0 radical (unpaired) electrons. The van der Waals surface area contributed by atoms with Crippen LogP contribution in [0.4, 0.5) is 0 Å². The van der Waals surface area contributed by atoms with E-state index >= 15 is 0 Å². The fraction of sp³-hybridized carbons (Fsp3) is 0.645. The first-order valence-electron chi connectivity index (χ1n) is 14.5. The number of esters is 2. The Morgan fingerprint density at radius 2 is 1.80 bits per heavy atom. The average molecular weight is 571 g/mol. The van der Waals surface area contributed by atoms with Gasteiger partial charge in [0, 0.05) is 18.9 Å². The van der Waals surface area contributed by atoms with Crippen molar-refractivity contribution in [3.8, 4) is 0 Å². The third-order valence-corrected chi connectivity index (χ3v) is 10.3. The van der Waals surface area contributed by atoms with Gasteiger partial charge in [-0.05, 0) is 69.6 Å². The molecule has 1 N–H and O–H groups in total. The van der Waals surface area contributed by atoms with Crippen molar-refractivity contribution < 1.29 is 47.9 Å². The number of hydrogen-bond acceptors (Lipinski definition) is 9. The van der Waals surface area contributed by atoms with Gasteiger partial charge in [-0.2, -0.15) is 0 Å². The molecule has 1 aromatic carbocycles. The summed E-state index contributed by atoms with van der Waals surface area (Å²) in [5.74, 6) is -4.22. The number of carboxylic acid groups (broad SMARTS) is 1. The lowest BCUT2D eigenvalue weighted by atomic mass is 9.61. The van der Waals surface area contributed by atoms with Crippen LogP contribution in [0.1, 0.15) is 62.7 Å². The monoisotopic (exact) mass is 570 g/mol. The number of aliphatic carboxylic acids is 1. The number of methoxy groups -OCH3 is 1. The summed E-state index contributed by atoms with van der Waals surface area (Å²) in [4.78, 5) is 40.4. The molecule has 1 aliphatic heterocycles. The quantitative estimate of drug-likeness (QED) is 0.279. The molecule has 4 aliphatic carbocycles. The summed E-state index contributed by atoms with van der Waals surface area (Å²) in [5, 5.41) is 10.8. The fourth-order valence-corrected chi connectivity index (χ4v) is 8.80. The average Bonchev–Trinajstić information content (AvgIpc) is 3.61. The number of hydrogen-bond donors (Lipinski definition) is 1. The van der Waals surface area contributed by atoms with Crippen molar-refractivity contribution in [3.05, 3.63) is 47.0 Å². The molecule has 222 valence electrons. The molecule has 0 unspecified atom stereocenters. The molecule has 5 aliphatic rings. The third-order valence-electron chi connectivity index (χ3n) is 10.3. The SMILES string of the molecule is CCOC(=O)[C@@H]1C2=C(CC[C@@H](OC(=O)c3ccccc3)[C@@]2(C)C(=O)O)[C@@H]2CC[C@]3(OCOC)C[C@]12CC31OCCO1. The van der Waals surface area contributed by atoms with Gasteiger partial charge in [-0.25, -0.2) is 4.79 Å². The van der Waals surface area contributed by atoms with E-state index in [-0.39, 0.29) is 19.3 Å². The van der Waals surface area contributed by atoms with Gasteiger partial charge < -0.3 is 33.5 Å². The van der Waals surface area contributed by atoms with Crippen LogP contribution in [0.2, 0.25) is 0 Å². The summed E-state index contributed by atoms with van der Waals surface area (Å²) in [6.45, 7) is 4.33. The number of carbonyl (C=O) groups excluding carboxylic acids is 2. The molecule has 2 bridgehead atoms. The Hall–Kier alpha value is -2.79. The zero-order chi connectivity index (χ0) is 29.0. The highest BCUT2D eigenvalue weighted by molar-refractivity contribution is 5.91. The molecule has 0 aromatic heterocycles. The predicted molar refractivity (Wildman–Crippen MR) is 142 cm³/mol. The van der Waals surface area contributed by atoms with E-state index in [1.54, 1.807) is 51.3 Å². The second kappa shape index (κ2) is 10.2. The zero-order valence-electron chi connectivity index (χ0n) is 23.8. The number of allylic oxidation sites excluding steroid dienone is 1. The van der Waals surface area contributed by atoms with Gasteiger partial charge in [0.05, 0.1) is 31.3 Å². The smallest absolute Gasteiger partial charge is 0.338 e. The molecule has 1 aromatic rings. The largest absolute Gasteiger partial charge is 0.480 e. The maximum absolute atomic E-state index is 14.0. The summed E-state index contributed by atoms with van der Waals surface area (Å²) >= 11 is 0. The van der Waals surface area contributed by atoms with Crippen LogP contribution in [0, 0.1) is 22.7 Å². The molecular weight excluding hydrogens is 532 g/mol. The summed E-state index contributed by atoms with van der Waals surface area (Å²) in [6, 6.07) is 8.53. The standard InChI is InChI=1S/C31H38O10/c1-4-37-26(33)24-23-20(10-11-22(28(23,2)27(34)35)41-25(32)19-8-6-5-7-9-19)21-12-13-30(40-18-36-3)16-29(21,24)17-31(30)38-14-15-39-31/h5-9,21-22,24H,4,10-18H2,1-3H3,(H,34,35)/t21-,22+,24-,28+,29+,30-/m0/s1. The van der Waals surface area contributed by atoms with E-state index in [1.165, 1.54) is 0 Å². The molecule has 1 saturated heterocycles. The molecule has 10 heteroatoms. The topological polar surface area (TPSA) is 127 Å². The number of benzene rings is 1. The van der Waals surface area contributed by atoms with Crippen LogP contribution in [0.15, 0.2) is 41.5 Å². The minimum absolute atomic E-state index is 0.0385. The molecule has 6 atom stereocenters. The van der Waals surface area contributed by atoms with Crippen LogP contribution >= 0.6 is 0 Å². The number of rotatable bonds is 8. The number of carboxylic acids is 1. The first kappa shape index (κ1) is 28.3. The van der Waals surface area contributed by atoms with Crippen molar-refractivity contribution in [2.75, 3.05) is 33.7 Å². The van der Waals surface area contributed by atoms with E-state index < -0.39 is 52.1 Å². The molecule has 2 spiro atoms. The molecule has 10 nitrogen and oxygen atoms in total. The highest BCUT2D eigenvalue weighted by Gasteiger charge is 2.78. The number of ether oxygens (including phenoxy) is 6. The van der Waals surface area contributed by atoms with E-state index in [9.17, 15) is 19.5 Å². The Morgan fingerprint density at radius 1 is 1.07 bits per heavy atom. The maximum Gasteiger partial charge on any atom is 0.338 e. The normalized spacial score (nSPS) is 36.6. The molecule has 41 heavy (non-hydrogen) atoms. The molecular formula is C31H38O10. The molecule has 2 saturated carbocycles. The Morgan fingerprint density at radius 3 is 2.46 bits per heavy atom. The van der Waals surface area contributed by atoms with Crippen molar-refractivity contribution in [1.29, 1.82) is 0 Å². The number of fused-ring (bicyclic) bond motifs is 3. The molecule has 0 amide bonds. The third kappa shape index (κ3) is 3.94. The van der Waals surface area contributed by atoms with Gasteiger partial charge in [-0.3, -0.25) is 9.59 Å². The van der Waals surface area contributed by atoms with E-state index in [1.807, 2.05) is 0 Å². The van der Waals surface area contributed by atoms with Gasteiger partial charge >= 0.3 is 17.9 Å². The number of carbonyl (C=O) groups is 3. The van der Waals surface area contributed by atoms with Gasteiger partial charge in [0.15, 0.2) is 5.79 Å². The van der Waals surface area contributed by atoms with Crippen LogP contribution in [-0.2, 0) is 38.0 Å². The second-order valence-electron chi connectivity index (χ2n) is 12.1. The minimum Gasteiger partial charge on any atom is -0.480 e. The highest BCUT2D eigenvalue weighted by Crippen LogP contribution is 2.75. The van der Waals surface area contributed by atoms with Crippen molar-refractivity contribution >= 4 is 17.9 Å². The van der Waals surface area contributed by atoms with Crippen molar-refractivity contribution in [3.63, 3.8) is 0 Å². The first-order valence-corrected chi connectivity index (χ1v) is 14.5. The Labute approximate surface area is 239 Å². The molecule has 3 fully saturated rings. The van der Waals surface area contributed by atoms with E-state index in [2.05, 4.69) is 0 Å². The maximum atomic E-state index is 14.0. The van der Waals surface area contributed by atoms with Gasteiger partial charge in [0.25, 0.3) is 0 Å². The lowest BCUT2D eigenvalue weighted by Gasteiger charge is -2.45. The van der Waals surface area contributed by atoms with E-state index in [0.29, 0.717) is 62.9 Å². The Bertz CT molecular complexity index is 1250. The summed E-state index contributed by atoms with van der Waals surface area (Å²) in [5.41, 5.74) is -1.39. The lowest BCUT2D eigenvalue weighted by Crippen LogP contribution is -2.54. The highest BCUT2D eigenvalue weighted by atomic mass is 16.8. The van der Waals surface area contributed by atoms with Gasteiger partial charge in [-0.15, -0.1) is 0 Å². The second-order valence-corrected chi connectivity index (χ2v) is 12.1. The van der Waals surface area contributed by atoms with Crippen LogP contribution in [0.3, 0.4) is 0 Å². The first-order chi connectivity index (χ1) is 19.7. The van der Waals surface area contributed by atoms with Crippen molar-refractivity contribution in [1.82, 2.24) is 0 Å². The van der Waals surface area contributed by atoms with Crippen LogP contribution in [0.5, 0.6) is 0 Å². The Kier molecular flexibility index (Phi) is 7.04. The predicted octanol–water partition coefficient (Wildman–Crippen LogP) is 3.88. The van der Waals surface area contributed by atoms with E-state index in [4.69, 9.17) is 28.4 Å². The fourth-order valence-electron chi connectivity index (χ4n) is 8.80.